The zero-order valence-corrected chi connectivity index (χ0v) is 13.8. The number of rotatable bonds is 2. The number of anilines is 1. The molecule has 8 heteroatoms. The van der Waals surface area contributed by atoms with Crippen molar-refractivity contribution in [3.8, 4) is 0 Å². The summed E-state index contributed by atoms with van der Waals surface area (Å²) in [7, 11) is 0. The highest BCUT2D eigenvalue weighted by Gasteiger charge is 2.36. The fraction of sp³-hybridized carbons (Fsp3) is 0. The number of fused-ring (bicyclic) bond motifs is 1. The highest BCUT2D eigenvalue weighted by atomic mass is 35.5. The standard InChI is InChI=1S/C15H9Cl2N3O2S/c16-8-5-6-11(17)12(7-8)18-15(23)19-20-13(21)9-3-1-2-4-10(9)14(20)22/h1-7H,(H2,18,19,23). The molecule has 1 aliphatic rings. The van der Waals surface area contributed by atoms with Crippen LogP contribution in [0.2, 0.25) is 10.0 Å². The van der Waals surface area contributed by atoms with Gasteiger partial charge in [0.05, 0.1) is 21.8 Å². The number of hydrogen-bond acceptors (Lipinski definition) is 3. The Labute approximate surface area is 147 Å². The van der Waals surface area contributed by atoms with E-state index < -0.39 is 11.8 Å². The number of halogens is 2. The van der Waals surface area contributed by atoms with E-state index in [1.54, 1.807) is 42.5 Å². The van der Waals surface area contributed by atoms with Crippen LogP contribution in [0.5, 0.6) is 0 Å². The molecule has 1 heterocycles. The molecule has 0 saturated carbocycles. The lowest BCUT2D eigenvalue weighted by Gasteiger charge is -2.18. The van der Waals surface area contributed by atoms with E-state index in [9.17, 15) is 9.59 Å². The lowest BCUT2D eigenvalue weighted by Crippen LogP contribution is -2.47. The van der Waals surface area contributed by atoms with Gasteiger partial charge in [0.1, 0.15) is 0 Å². The summed E-state index contributed by atoms with van der Waals surface area (Å²) in [6, 6.07) is 11.4. The molecule has 0 aromatic heterocycles. The van der Waals surface area contributed by atoms with E-state index in [-0.39, 0.29) is 5.11 Å². The molecule has 0 atom stereocenters. The third-order valence-corrected chi connectivity index (χ3v) is 3.94. The largest absolute Gasteiger partial charge is 0.330 e. The van der Waals surface area contributed by atoms with Gasteiger partial charge in [0.15, 0.2) is 5.11 Å². The van der Waals surface area contributed by atoms with Crippen molar-refractivity contribution >= 4 is 58.0 Å². The maximum Gasteiger partial charge on any atom is 0.280 e. The van der Waals surface area contributed by atoms with Crippen molar-refractivity contribution in [2.24, 2.45) is 0 Å². The van der Waals surface area contributed by atoms with Gasteiger partial charge in [-0.25, -0.2) is 0 Å². The molecule has 0 unspecified atom stereocenters. The number of imide groups is 1. The van der Waals surface area contributed by atoms with Gasteiger partial charge in [-0.05, 0) is 42.5 Å². The number of hydrogen-bond donors (Lipinski definition) is 2. The number of carbonyl (C=O) groups excluding carboxylic acids is 2. The van der Waals surface area contributed by atoms with Crippen LogP contribution in [0.25, 0.3) is 0 Å². The van der Waals surface area contributed by atoms with E-state index in [1.165, 1.54) is 0 Å². The van der Waals surface area contributed by atoms with E-state index in [4.69, 9.17) is 35.4 Å². The summed E-state index contributed by atoms with van der Waals surface area (Å²) >= 11 is 17.1. The Morgan fingerprint density at radius 2 is 1.61 bits per heavy atom. The third-order valence-electron chi connectivity index (χ3n) is 3.18. The average Bonchev–Trinajstić information content (AvgIpc) is 2.76. The predicted octanol–water partition coefficient (Wildman–Crippen LogP) is 3.49. The minimum Gasteiger partial charge on any atom is -0.330 e. The van der Waals surface area contributed by atoms with Gasteiger partial charge in [0.2, 0.25) is 0 Å². The second-order valence-electron chi connectivity index (χ2n) is 4.68. The van der Waals surface area contributed by atoms with Crippen LogP contribution in [0, 0.1) is 0 Å². The molecule has 2 N–H and O–H groups in total. The molecule has 23 heavy (non-hydrogen) atoms. The second kappa shape index (κ2) is 6.16. The minimum atomic E-state index is -0.466. The molecule has 1 aliphatic heterocycles. The molecule has 0 radical (unpaired) electrons. The van der Waals surface area contributed by atoms with Crippen molar-refractivity contribution in [2.45, 2.75) is 0 Å². The van der Waals surface area contributed by atoms with Crippen LogP contribution in [-0.4, -0.2) is 21.9 Å². The smallest absolute Gasteiger partial charge is 0.280 e. The first-order chi connectivity index (χ1) is 11.0. The van der Waals surface area contributed by atoms with Crippen molar-refractivity contribution in [3.63, 3.8) is 0 Å². The zero-order valence-electron chi connectivity index (χ0n) is 11.5. The summed E-state index contributed by atoms with van der Waals surface area (Å²) in [6.07, 6.45) is 0. The van der Waals surface area contributed by atoms with Crippen molar-refractivity contribution in [2.75, 3.05) is 5.32 Å². The number of nitrogens with one attached hydrogen (secondary N) is 2. The molecular weight excluding hydrogens is 357 g/mol. The Balaban J connectivity index is 1.76. The van der Waals surface area contributed by atoms with E-state index in [0.29, 0.717) is 26.9 Å². The Bertz CT molecular complexity index is 806. The van der Waals surface area contributed by atoms with Crippen LogP contribution in [-0.2, 0) is 0 Å². The highest BCUT2D eigenvalue weighted by molar-refractivity contribution is 7.80. The van der Waals surface area contributed by atoms with Gasteiger partial charge in [-0.1, -0.05) is 35.3 Å². The van der Waals surface area contributed by atoms with Crippen molar-refractivity contribution in [1.29, 1.82) is 0 Å². The Hall–Kier alpha value is -2.15. The Morgan fingerprint density at radius 3 is 2.22 bits per heavy atom. The molecule has 0 saturated heterocycles. The third kappa shape index (κ3) is 3.01. The fourth-order valence-electron chi connectivity index (χ4n) is 2.14. The van der Waals surface area contributed by atoms with Crippen molar-refractivity contribution in [3.05, 3.63) is 63.6 Å². The van der Waals surface area contributed by atoms with Crippen LogP contribution in [0.4, 0.5) is 5.69 Å². The molecule has 2 aromatic rings. The van der Waals surface area contributed by atoms with Gasteiger partial charge in [0, 0.05) is 5.02 Å². The first kappa shape index (κ1) is 15.7. The van der Waals surface area contributed by atoms with Crippen molar-refractivity contribution < 1.29 is 9.59 Å². The maximum absolute atomic E-state index is 12.2. The lowest BCUT2D eigenvalue weighted by atomic mass is 10.1. The van der Waals surface area contributed by atoms with Crippen LogP contribution in [0.15, 0.2) is 42.5 Å². The number of amides is 2. The molecule has 0 aliphatic carbocycles. The summed E-state index contributed by atoms with van der Waals surface area (Å²) in [6.45, 7) is 0. The second-order valence-corrected chi connectivity index (χ2v) is 5.93. The summed E-state index contributed by atoms with van der Waals surface area (Å²) in [5.74, 6) is -0.932. The lowest BCUT2D eigenvalue weighted by molar-refractivity contribution is 0.0613. The SMILES string of the molecule is O=C1c2ccccc2C(=O)N1NC(=S)Nc1cc(Cl)ccc1Cl. The fourth-order valence-corrected chi connectivity index (χ4v) is 2.67. The topological polar surface area (TPSA) is 61.4 Å². The van der Waals surface area contributed by atoms with E-state index in [0.717, 1.165) is 5.01 Å². The predicted molar refractivity (Wildman–Crippen MR) is 92.8 cm³/mol. The molecule has 3 rings (SSSR count). The molecular formula is C15H9Cl2N3O2S. The van der Waals surface area contributed by atoms with Gasteiger partial charge >= 0.3 is 0 Å². The van der Waals surface area contributed by atoms with E-state index >= 15 is 0 Å². The van der Waals surface area contributed by atoms with Crippen LogP contribution in [0.1, 0.15) is 20.7 Å². The molecule has 0 fully saturated rings. The van der Waals surface area contributed by atoms with E-state index in [1.807, 2.05) is 0 Å². The normalized spacial score (nSPS) is 13.0. The Kier molecular flexibility index (Phi) is 4.21. The molecule has 0 bridgehead atoms. The summed E-state index contributed by atoms with van der Waals surface area (Å²) in [5, 5.41) is 4.58. The number of thiocarbonyl (C=S) groups is 1. The number of carbonyl (C=O) groups is 2. The van der Waals surface area contributed by atoms with E-state index in [2.05, 4.69) is 10.7 Å². The molecule has 0 spiro atoms. The molecule has 5 nitrogen and oxygen atoms in total. The molecule has 2 aromatic carbocycles. The van der Waals surface area contributed by atoms with Crippen LogP contribution >= 0.6 is 35.4 Å². The highest BCUT2D eigenvalue weighted by Crippen LogP contribution is 2.25. The minimum absolute atomic E-state index is 0.0451. The van der Waals surface area contributed by atoms with Gasteiger partial charge in [-0.3, -0.25) is 15.0 Å². The van der Waals surface area contributed by atoms with Gasteiger partial charge in [0.25, 0.3) is 11.8 Å². The molecule has 116 valence electrons. The van der Waals surface area contributed by atoms with Gasteiger partial charge in [-0.15, -0.1) is 0 Å². The Morgan fingerprint density at radius 1 is 1.00 bits per heavy atom. The van der Waals surface area contributed by atoms with Gasteiger partial charge < -0.3 is 5.32 Å². The number of nitrogens with zero attached hydrogens (tertiary/aromatic N) is 1. The number of benzene rings is 2. The zero-order chi connectivity index (χ0) is 16.6. The first-order valence-electron chi connectivity index (χ1n) is 6.48. The maximum atomic E-state index is 12.2. The van der Waals surface area contributed by atoms with Crippen LogP contribution in [0.3, 0.4) is 0 Å². The summed E-state index contributed by atoms with van der Waals surface area (Å²) in [5.41, 5.74) is 3.69. The summed E-state index contributed by atoms with van der Waals surface area (Å²) in [4.78, 5) is 24.4. The van der Waals surface area contributed by atoms with Crippen molar-refractivity contribution in [1.82, 2.24) is 10.4 Å². The average molecular weight is 366 g/mol. The quantitative estimate of drug-likeness (QED) is 0.629. The molecule has 2 amide bonds. The number of hydrazine groups is 1. The monoisotopic (exact) mass is 365 g/mol. The summed E-state index contributed by atoms with van der Waals surface area (Å²) < 4.78 is 0. The van der Waals surface area contributed by atoms with Crippen LogP contribution < -0.4 is 10.7 Å². The van der Waals surface area contributed by atoms with Gasteiger partial charge in [-0.2, -0.15) is 5.01 Å². The first-order valence-corrected chi connectivity index (χ1v) is 7.64.